The summed E-state index contributed by atoms with van der Waals surface area (Å²) in [6.07, 6.45) is -2.43. The molecular formula is C16H16N4O6S2. The standard InChI is InChI=1S/C16H16N4O6S2/c21-6-9-12(22)11(20-5-8(14(24)25)18-19-20)13(23)15(26-9)28-16-17-7-3-1-2-4-10(7)27-16/h1-5,9,11-13,15,21-23H,6H2,(H,24,25)/t9-,11+,12+,13-,15+/m1/s1. The number of hydrogen-bond acceptors (Lipinski definition) is 10. The first-order valence-corrected chi connectivity index (χ1v) is 9.97. The molecule has 28 heavy (non-hydrogen) atoms. The highest BCUT2D eigenvalue weighted by atomic mass is 32.2. The Labute approximate surface area is 166 Å². The van der Waals surface area contributed by atoms with Crippen molar-refractivity contribution in [3.05, 3.63) is 36.2 Å². The molecule has 10 nitrogen and oxygen atoms in total. The number of aromatic nitrogens is 4. The number of fused-ring (bicyclic) bond motifs is 1. The number of nitrogens with zero attached hydrogens (tertiary/aromatic N) is 4. The van der Waals surface area contributed by atoms with E-state index < -0.39 is 42.4 Å². The topological polar surface area (TPSA) is 151 Å². The molecular weight excluding hydrogens is 408 g/mol. The number of aliphatic hydroxyl groups is 3. The molecule has 0 saturated carbocycles. The Morgan fingerprint density at radius 1 is 1.29 bits per heavy atom. The zero-order valence-electron chi connectivity index (χ0n) is 14.2. The van der Waals surface area contributed by atoms with Gasteiger partial charge in [0.15, 0.2) is 10.0 Å². The van der Waals surface area contributed by atoms with Crippen LogP contribution in [0.15, 0.2) is 34.8 Å². The molecule has 0 aliphatic carbocycles. The van der Waals surface area contributed by atoms with E-state index in [1.54, 1.807) is 0 Å². The Kier molecular flexibility index (Phi) is 5.31. The van der Waals surface area contributed by atoms with Gasteiger partial charge >= 0.3 is 5.97 Å². The number of ether oxygens (including phenoxy) is 1. The molecule has 5 atom stereocenters. The minimum atomic E-state index is -1.31. The minimum Gasteiger partial charge on any atom is -0.476 e. The summed E-state index contributed by atoms with van der Waals surface area (Å²) in [5.41, 5.74) is -0.358. The van der Waals surface area contributed by atoms with Crippen LogP contribution in [0, 0.1) is 0 Å². The lowest BCUT2D eigenvalue weighted by atomic mass is 9.97. The molecule has 1 aromatic carbocycles. The highest BCUT2D eigenvalue weighted by Crippen LogP contribution is 2.40. The number of rotatable bonds is 5. The lowest BCUT2D eigenvalue weighted by molar-refractivity contribution is -0.178. The maximum absolute atomic E-state index is 11.1. The van der Waals surface area contributed by atoms with Gasteiger partial charge in [-0.3, -0.25) is 0 Å². The van der Waals surface area contributed by atoms with Crippen LogP contribution >= 0.6 is 23.1 Å². The Balaban J connectivity index is 1.62. The molecule has 12 heteroatoms. The summed E-state index contributed by atoms with van der Waals surface area (Å²) in [4.78, 5) is 15.5. The molecule has 3 heterocycles. The van der Waals surface area contributed by atoms with Crippen LogP contribution in [0.4, 0.5) is 0 Å². The van der Waals surface area contributed by atoms with E-state index in [0.29, 0.717) is 4.34 Å². The second kappa shape index (κ2) is 7.73. The van der Waals surface area contributed by atoms with E-state index >= 15 is 0 Å². The van der Waals surface area contributed by atoms with Crippen molar-refractivity contribution in [2.75, 3.05) is 6.61 Å². The largest absolute Gasteiger partial charge is 0.476 e. The predicted octanol–water partition coefficient (Wildman–Crippen LogP) is 0.358. The number of benzene rings is 1. The second-order valence-corrected chi connectivity index (χ2v) is 8.53. The SMILES string of the molecule is O=C(O)c1cn([C@H]2[C@@H](O)[C@@H](CO)O[C@@H](Sc3nc4ccccc4s3)[C@@H]2O)nn1. The zero-order chi connectivity index (χ0) is 19.8. The number of carboxylic acids is 1. The highest BCUT2D eigenvalue weighted by molar-refractivity contribution is 8.01. The lowest BCUT2D eigenvalue weighted by Crippen LogP contribution is -2.55. The van der Waals surface area contributed by atoms with Crippen LogP contribution in [0.1, 0.15) is 16.5 Å². The van der Waals surface area contributed by atoms with Crippen LogP contribution in [-0.2, 0) is 4.74 Å². The molecule has 4 N–H and O–H groups in total. The Hall–Kier alpha value is -2.09. The van der Waals surface area contributed by atoms with Crippen molar-refractivity contribution in [1.82, 2.24) is 20.0 Å². The quantitative estimate of drug-likeness (QED) is 0.452. The van der Waals surface area contributed by atoms with Gasteiger partial charge in [0.2, 0.25) is 0 Å². The number of aliphatic hydroxyl groups excluding tert-OH is 3. The molecule has 0 radical (unpaired) electrons. The van der Waals surface area contributed by atoms with E-state index in [4.69, 9.17) is 9.84 Å². The monoisotopic (exact) mass is 424 g/mol. The van der Waals surface area contributed by atoms with E-state index in [-0.39, 0.29) is 5.69 Å². The third-order valence-electron chi connectivity index (χ3n) is 4.37. The van der Waals surface area contributed by atoms with Crippen LogP contribution in [0.2, 0.25) is 0 Å². The van der Waals surface area contributed by atoms with Crippen LogP contribution in [0.5, 0.6) is 0 Å². The van der Waals surface area contributed by atoms with Crippen LogP contribution < -0.4 is 0 Å². The van der Waals surface area contributed by atoms with Crippen molar-refractivity contribution in [2.24, 2.45) is 0 Å². The van der Waals surface area contributed by atoms with E-state index in [0.717, 1.165) is 21.1 Å². The third kappa shape index (κ3) is 3.50. The van der Waals surface area contributed by atoms with Gasteiger partial charge in [0.1, 0.15) is 29.8 Å². The maximum Gasteiger partial charge on any atom is 0.358 e. The number of thiazole rings is 1. The summed E-state index contributed by atoms with van der Waals surface area (Å²) in [6.45, 7) is -0.484. The van der Waals surface area contributed by atoms with Crippen molar-refractivity contribution in [2.45, 2.75) is 34.1 Å². The van der Waals surface area contributed by atoms with E-state index in [1.165, 1.54) is 23.1 Å². The summed E-state index contributed by atoms with van der Waals surface area (Å²) < 4.78 is 8.40. The van der Waals surface area contributed by atoms with Crippen molar-refractivity contribution >= 4 is 39.3 Å². The normalized spacial score (nSPS) is 27.9. The van der Waals surface area contributed by atoms with Gasteiger partial charge in [-0.05, 0) is 12.1 Å². The molecule has 0 amide bonds. The minimum absolute atomic E-state index is 0.318. The Morgan fingerprint density at radius 3 is 2.75 bits per heavy atom. The zero-order valence-corrected chi connectivity index (χ0v) is 15.8. The maximum atomic E-state index is 11.1. The first kappa shape index (κ1) is 19.2. The van der Waals surface area contributed by atoms with Gasteiger partial charge in [0.25, 0.3) is 0 Å². The highest BCUT2D eigenvalue weighted by Gasteiger charge is 2.46. The number of carboxylic acid groups (broad SMARTS) is 1. The van der Waals surface area contributed by atoms with Crippen LogP contribution in [0.25, 0.3) is 10.2 Å². The first-order chi connectivity index (χ1) is 13.5. The fraction of sp³-hybridized carbons (Fsp3) is 0.375. The van der Waals surface area contributed by atoms with Gasteiger partial charge in [-0.1, -0.05) is 29.1 Å². The lowest BCUT2D eigenvalue weighted by Gasteiger charge is -2.41. The average molecular weight is 424 g/mol. The van der Waals surface area contributed by atoms with Gasteiger partial charge in [0, 0.05) is 0 Å². The molecule has 0 bridgehead atoms. The predicted molar refractivity (Wildman–Crippen MR) is 99.3 cm³/mol. The summed E-state index contributed by atoms with van der Waals surface area (Å²) in [7, 11) is 0. The Bertz CT molecular complexity index is 961. The molecule has 1 fully saturated rings. The number of hydrogen-bond donors (Lipinski definition) is 4. The molecule has 1 aliphatic rings. The van der Waals surface area contributed by atoms with Gasteiger partial charge in [-0.25, -0.2) is 14.5 Å². The molecule has 4 rings (SSSR count). The molecule has 1 saturated heterocycles. The summed E-state index contributed by atoms with van der Waals surface area (Å²) in [5.74, 6) is -1.28. The summed E-state index contributed by atoms with van der Waals surface area (Å²) >= 11 is 2.60. The number of aromatic carboxylic acids is 1. The molecule has 0 spiro atoms. The van der Waals surface area contributed by atoms with Crippen molar-refractivity contribution in [1.29, 1.82) is 0 Å². The van der Waals surface area contributed by atoms with Crippen LogP contribution in [-0.4, -0.2) is 76.7 Å². The number of para-hydroxylation sites is 1. The second-order valence-electron chi connectivity index (χ2n) is 6.15. The van der Waals surface area contributed by atoms with Gasteiger partial charge < -0.3 is 25.2 Å². The summed E-state index contributed by atoms with van der Waals surface area (Å²) in [6, 6.07) is 6.54. The molecule has 148 valence electrons. The van der Waals surface area contributed by atoms with Crippen molar-refractivity contribution in [3.63, 3.8) is 0 Å². The fourth-order valence-corrected chi connectivity index (χ4v) is 5.29. The number of carbonyl (C=O) groups is 1. The average Bonchev–Trinajstić information content (AvgIpc) is 3.31. The van der Waals surface area contributed by atoms with Gasteiger partial charge in [-0.2, -0.15) is 0 Å². The molecule has 1 aliphatic heterocycles. The van der Waals surface area contributed by atoms with Crippen LogP contribution in [0.3, 0.4) is 0 Å². The smallest absolute Gasteiger partial charge is 0.358 e. The van der Waals surface area contributed by atoms with Gasteiger partial charge in [-0.15, -0.1) is 16.4 Å². The third-order valence-corrected chi connectivity index (χ3v) is 6.66. The fourth-order valence-electron chi connectivity index (χ4n) is 3.00. The van der Waals surface area contributed by atoms with E-state index in [1.807, 2.05) is 24.3 Å². The number of thioether (sulfide) groups is 1. The molecule has 3 aromatic rings. The first-order valence-electron chi connectivity index (χ1n) is 8.27. The van der Waals surface area contributed by atoms with Crippen molar-refractivity contribution in [3.8, 4) is 0 Å². The Morgan fingerprint density at radius 2 is 2.07 bits per heavy atom. The van der Waals surface area contributed by atoms with Crippen molar-refractivity contribution < 1.29 is 30.0 Å². The molecule has 2 aromatic heterocycles. The van der Waals surface area contributed by atoms with E-state index in [9.17, 15) is 20.1 Å². The molecule has 0 unspecified atom stereocenters. The van der Waals surface area contributed by atoms with E-state index in [2.05, 4.69) is 15.3 Å². The van der Waals surface area contributed by atoms with Gasteiger partial charge in [0.05, 0.1) is 23.0 Å². The summed E-state index contributed by atoms with van der Waals surface area (Å²) in [5, 5.41) is 47.1.